The number of thiophene rings is 1. The van der Waals surface area contributed by atoms with E-state index >= 15 is 0 Å². The Hall–Kier alpha value is -4.65. The second-order valence-electron chi connectivity index (χ2n) is 12.7. The van der Waals surface area contributed by atoms with E-state index in [1.54, 1.807) is 48.5 Å². The molecule has 3 N–H and O–H groups in total. The van der Waals surface area contributed by atoms with Gasteiger partial charge in [-0.25, -0.2) is 0 Å². The summed E-state index contributed by atoms with van der Waals surface area (Å²) >= 11 is 2.86. The van der Waals surface area contributed by atoms with Crippen molar-refractivity contribution in [3.05, 3.63) is 117 Å². The summed E-state index contributed by atoms with van der Waals surface area (Å²) in [6.07, 6.45) is 4.48. The number of hydrogen-bond donors (Lipinski definition) is 3. The second kappa shape index (κ2) is 14.8. The van der Waals surface area contributed by atoms with Crippen LogP contribution in [-0.4, -0.2) is 23.5 Å². The van der Waals surface area contributed by atoms with Crippen LogP contribution in [-0.2, 0) is 22.4 Å². The highest BCUT2D eigenvalue weighted by Gasteiger charge is 2.32. The fourth-order valence-corrected chi connectivity index (χ4v) is 7.62. The minimum atomic E-state index is -0.477. The molecule has 0 saturated carbocycles. The quantitative estimate of drug-likeness (QED) is 0.124. The third kappa shape index (κ3) is 8.79. The van der Waals surface area contributed by atoms with E-state index in [4.69, 9.17) is 0 Å². The maximum Gasteiger partial charge on any atom is 0.272 e. The standard InChI is InChI=1S/C38H38N4O3S2/c1-24-10-8-11-25(18-24)19-32(41-35(44)26-12-6-5-7-13-26)36(45)40-28-14-9-15-29(21-28)46-23-34(43)42-37-31(22-39)30-17-16-27(38(2,3)4)20-33(30)47-37/h5-15,18-19,21,27H,16-17,20,23H2,1-4H3,(H,40,45)(H,41,44)(H,42,43)/b32-19+. The molecule has 4 aromatic rings. The number of nitrogens with zero attached hydrogens (tertiary/aromatic N) is 1. The van der Waals surface area contributed by atoms with Gasteiger partial charge < -0.3 is 16.0 Å². The first-order valence-corrected chi connectivity index (χ1v) is 17.3. The molecule has 1 unspecified atom stereocenters. The smallest absolute Gasteiger partial charge is 0.272 e. The Morgan fingerprint density at radius 1 is 1.00 bits per heavy atom. The number of thioether (sulfide) groups is 1. The average molecular weight is 663 g/mol. The van der Waals surface area contributed by atoms with Crippen molar-refractivity contribution in [1.82, 2.24) is 5.32 Å². The highest BCUT2D eigenvalue weighted by Crippen LogP contribution is 2.44. The van der Waals surface area contributed by atoms with E-state index in [0.29, 0.717) is 27.7 Å². The number of amides is 3. The number of benzene rings is 3. The SMILES string of the molecule is Cc1cccc(/C=C(/NC(=O)c2ccccc2)C(=O)Nc2cccc(SCC(=O)Nc3sc4c(c3C#N)CCC(C(C)(C)C)C4)c2)c1. The van der Waals surface area contributed by atoms with Crippen molar-refractivity contribution in [1.29, 1.82) is 5.26 Å². The number of fused-ring (bicyclic) bond motifs is 1. The summed E-state index contributed by atoms with van der Waals surface area (Å²) in [5.74, 6) is -0.383. The average Bonchev–Trinajstić information content (AvgIpc) is 3.39. The van der Waals surface area contributed by atoms with Crippen molar-refractivity contribution in [2.45, 2.75) is 51.9 Å². The fraction of sp³-hybridized carbons (Fsp3) is 0.263. The first kappa shape index (κ1) is 33.7. The molecule has 1 aromatic heterocycles. The molecule has 3 aromatic carbocycles. The molecule has 240 valence electrons. The molecule has 1 atom stereocenters. The molecule has 0 spiro atoms. The number of rotatable bonds is 9. The van der Waals surface area contributed by atoms with Gasteiger partial charge in [-0.1, -0.05) is 74.9 Å². The highest BCUT2D eigenvalue weighted by molar-refractivity contribution is 8.00. The number of nitriles is 1. The van der Waals surface area contributed by atoms with Crippen LogP contribution >= 0.6 is 23.1 Å². The van der Waals surface area contributed by atoms with Gasteiger partial charge in [0.2, 0.25) is 5.91 Å². The number of anilines is 2. The predicted molar refractivity (Wildman–Crippen MR) is 191 cm³/mol. The molecule has 1 aliphatic rings. The van der Waals surface area contributed by atoms with Crippen LogP contribution in [0.25, 0.3) is 6.08 Å². The van der Waals surface area contributed by atoms with Crippen LogP contribution in [0.1, 0.15) is 64.7 Å². The summed E-state index contributed by atoms with van der Waals surface area (Å²) in [6.45, 7) is 8.73. The minimum absolute atomic E-state index is 0.0997. The molecule has 1 heterocycles. The van der Waals surface area contributed by atoms with Gasteiger partial charge in [0.25, 0.3) is 11.8 Å². The van der Waals surface area contributed by atoms with Gasteiger partial charge in [-0.15, -0.1) is 23.1 Å². The molecule has 0 fully saturated rings. The lowest BCUT2D eigenvalue weighted by Gasteiger charge is -2.33. The molecule has 7 nitrogen and oxygen atoms in total. The molecule has 5 rings (SSSR count). The van der Waals surface area contributed by atoms with Crippen LogP contribution in [0, 0.1) is 29.6 Å². The van der Waals surface area contributed by atoms with Crippen LogP contribution < -0.4 is 16.0 Å². The first-order valence-electron chi connectivity index (χ1n) is 15.5. The summed E-state index contributed by atoms with van der Waals surface area (Å²) in [5, 5.41) is 19.2. The normalized spacial score (nSPS) is 14.4. The molecule has 9 heteroatoms. The summed E-state index contributed by atoms with van der Waals surface area (Å²) in [4.78, 5) is 41.4. The predicted octanol–water partition coefficient (Wildman–Crippen LogP) is 8.22. The Kier molecular flexibility index (Phi) is 10.6. The zero-order valence-electron chi connectivity index (χ0n) is 27.0. The van der Waals surface area contributed by atoms with E-state index in [2.05, 4.69) is 42.8 Å². The molecule has 0 bridgehead atoms. The van der Waals surface area contributed by atoms with Crippen LogP contribution in [0.15, 0.2) is 89.5 Å². The number of aryl methyl sites for hydroxylation is 1. The maximum atomic E-state index is 13.5. The number of hydrogen-bond acceptors (Lipinski definition) is 6. The van der Waals surface area contributed by atoms with Gasteiger partial charge in [0.05, 0.1) is 11.3 Å². The lowest BCUT2D eigenvalue weighted by atomic mass is 9.72. The molecule has 0 radical (unpaired) electrons. The van der Waals surface area contributed by atoms with Gasteiger partial charge >= 0.3 is 0 Å². The number of nitrogens with one attached hydrogen (secondary N) is 3. The van der Waals surface area contributed by atoms with Crippen molar-refractivity contribution in [3.63, 3.8) is 0 Å². The zero-order valence-corrected chi connectivity index (χ0v) is 28.6. The zero-order chi connectivity index (χ0) is 33.6. The summed E-state index contributed by atoms with van der Waals surface area (Å²) in [5.41, 5.74) is 4.73. The van der Waals surface area contributed by atoms with Gasteiger partial charge in [0.15, 0.2) is 0 Å². The number of carbonyl (C=O) groups is 3. The van der Waals surface area contributed by atoms with Crippen molar-refractivity contribution in [3.8, 4) is 6.07 Å². The Labute approximate surface area is 284 Å². The third-order valence-electron chi connectivity index (χ3n) is 8.20. The van der Waals surface area contributed by atoms with E-state index in [1.807, 2.05) is 43.3 Å². The van der Waals surface area contributed by atoms with Gasteiger partial charge in [-0.05, 0) is 85.1 Å². The van der Waals surface area contributed by atoms with E-state index in [9.17, 15) is 19.6 Å². The highest BCUT2D eigenvalue weighted by atomic mass is 32.2. The van der Waals surface area contributed by atoms with Gasteiger partial charge in [0.1, 0.15) is 16.8 Å². The van der Waals surface area contributed by atoms with E-state index in [-0.39, 0.29) is 22.8 Å². The van der Waals surface area contributed by atoms with E-state index < -0.39 is 11.8 Å². The molecule has 0 aliphatic heterocycles. The van der Waals surface area contributed by atoms with Crippen molar-refractivity contribution in [2.24, 2.45) is 11.3 Å². The van der Waals surface area contributed by atoms with E-state index in [1.165, 1.54) is 28.0 Å². The van der Waals surface area contributed by atoms with E-state index in [0.717, 1.165) is 40.8 Å². The Morgan fingerprint density at radius 2 is 1.77 bits per heavy atom. The second-order valence-corrected chi connectivity index (χ2v) is 14.9. The van der Waals surface area contributed by atoms with Crippen LogP contribution in [0.4, 0.5) is 10.7 Å². The minimum Gasteiger partial charge on any atom is -0.321 e. The molecular formula is C38H38N4O3S2. The molecule has 1 aliphatic carbocycles. The topological polar surface area (TPSA) is 111 Å². The van der Waals surface area contributed by atoms with Crippen molar-refractivity contribution >= 4 is 57.6 Å². The lowest BCUT2D eigenvalue weighted by Crippen LogP contribution is -2.30. The Morgan fingerprint density at radius 3 is 2.49 bits per heavy atom. The van der Waals surface area contributed by atoms with Crippen molar-refractivity contribution in [2.75, 3.05) is 16.4 Å². The number of carbonyl (C=O) groups excluding carboxylic acids is 3. The van der Waals surface area contributed by atoms with Gasteiger partial charge in [-0.2, -0.15) is 5.26 Å². The maximum absolute atomic E-state index is 13.5. The lowest BCUT2D eigenvalue weighted by molar-refractivity contribution is -0.114. The van der Waals surface area contributed by atoms with Crippen LogP contribution in [0.2, 0.25) is 0 Å². The molecule has 47 heavy (non-hydrogen) atoms. The molecular weight excluding hydrogens is 625 g/mol. The summed E-state index contributed by atoms with van der Waals surface area (Å²) < 4.78 is 0. The Bertz CT molecular complexity index is 1870. The first-order chi connectivity index (χ1) is 22.5. The summed E-state index contributed by atoms with van der Waals surface area (Å²) in [6, 6.07) is 25.9. The Balaban J connectivity index is 1.24. The van der Waals surface area contributed by atoms with Crippen LogP contribution in [0.5, 0.6) is 0 Å². The van der Waals surface area contributed by atoms with Gasteiger partial charge in [-0.3, -0.25) is 14.4 Å². The van der Waals surface area contributed by atoms with Crippen molar-refractivity contribution < 1.29 is 14.4 Å². The monoisotopic (exact) mass is 662 g/mol. The van der Waals surface area contributed by atoms with Crippen LogP contribution in [0.3, 0.4) is 0 Å². The molecule has 3 amide bonds. The third-order valence-corrected chi connectivity index (χ3v) is 10.4. The van der Waals surface area contributed by atoms with Gasteiger partial charge in [0, 0.05) is 21.0 Å². The fourth-order valence-electron chi connectivity index (χ4n) is 5.57. The largest absolute Gasteiger partial charge is 0.321 e. The molecule has 0 saturated heterocycles. The summed E-state index contributed by atoms with van der Waals surface area (Å²) in [7, 11) is 0.